The van der Waals surface area contributed by atoms with Crippen LogP contribution in [0.5, 0.6) is 0 Å². The molecule has 0 radical (unpaired) electrons. The second-order valence-corrected chi connectivity index (χ2v) is 7.73. The number of imidazole rings is 1. The Morgan fingerprint density at radius 1 is 1.22 bits per heavy atom. The highest BCUT2D eigenvalue weighted by Gasteiger charge is 2.22. The van der Waals surface area contributed by atoms with Crippen molar-refractivity contribution in [3.05, 3.63) is 70.9 Å². The molecule has 3 rings (SSSR count). The monoisotopic (exact) mass is 496 g/mol. The van der Waals surface area contributed by atoms with E-state index in [0.29, 0.717) is 5.82 Å². The summed E-state index contributed by atoms with van der Waals surface area (Å²) in [6.07, 6.45) is 4.01. The molecule has 0 aliphatic heterocycles. The third kappa shape index (κ3) is 7.27. The Morgan fingerprint density at radius 3 is 2.78 bits per heavy atom. The largest absolute Gasteiger partial charge is 0.453 e. The Kier molecular flexibility index (Phi) is 9.34. The molecule has 12 nitrogen and oxygen atoms in total. The first-order valence-corrected chi connectivity index (χ1v) is 11.2. The number of fused-ring (bicyclic) bond motifs is 1. The average molecular weight is 497 g/mol. The molecule has 0 saturated heterocycles. The lowest BCUT2D eigenvalue weighted by molar-refractivity contribution is -0.118. The van der Waals surface area contributed by atoms with Crippen molar-refractivity contribution in [2.75, 3.05) is 25.6 Å². The number of aliphatic hydroxyl groups excluding tert-OH is 1. The van der Waals surface area contributed by atoms with Gasteiger partial charge >= 0.3 is 6.09 Å². The van der Waals surface area contributed by atoms with Crippen LogP contribution in [0.25, 0.3) is 11.0 Å². The van der Waals surface area contributed by atoms with E-state index in [9.17, 15) is 19.2 Å². The molecule has 0 aliphatic carbocycles. The molecule has 0 spiro atoms. The van der Waals surface area contributed by atoms with Crippen molar-refractivity contribution in [2.45, 2.75) is 25.4 Å². The number of aliphatic hydroxyl groups is 1. The SMILES string of the molecule is COC(=O)NC(CC/C=C/C(=O)NCCO)C(=O)Nc1cccn(Cc2nc3ccccc3[nH]2)c1=O. The number of anilines is 1. The van der Waals surface area contributed by atoms with E-state index < -0.39 is 23.6 Å². The minimum Gasteiger partial charge on any atom is -0.453 e. The van der Waals surface area contributed by atoms with E-state index in [2.05, 4.69) is 30.7 Å². The molecule has 12 heteroatoms. The number of allylic oxidation sites excluding steroid dienone is 1. The number of aromatic nitrogens is 3. The van der Waals surface area contributed by atoms with Gasteiger partial charge in [0.15, 0.2) is 0 Å². The number of pyridine rings is 1. The molecule has 1 aromatic carbocycles. The Morgan fingerprint density at radius 2 is 2.03 bits per heavy atom. The normalized spacial score (nSPS) is 11.8. The molecule has 190 valence electrons. The van der Waals surface area contributed by atoms with Gasteiger partial charge in [0.05, 0.1) is 31.3 Å². The van der Waals surface area contributed by atoms with Crippen LogP contribution in [0.4, 0.5) is 10.5 Å². The topological polar surface area (TPSA) is 167 Å². The van der Waals surface area contributed by atoms with E-state index >= 15 is 0 Å². The third-order valence-corrected chi connectivity index (χ3v) is 5.13. The van der Waals surface area contributed by atoms with Gasteiger partial charge < -0.3 is 35.3 Å². The number of hydrogen-bond donors (Lipinski definition) is 5. The number of H-pyrrole nitrogens is 1. The first-order valence-electron chi connectivity index (χ1n) is 11.2. The van der Waals surface area contributed by atoms with Crippen molar-refractivity contribution < 1.29 is 24.2 Å². The summed E-state index contributed by atoms with van der Waals surface area (Å²) in [5.74, 6) is -0.417. The highest BCUT2D eigenvalue weighted by Crippen LogP contribution is 2.11. The predicted octanol–water partition coefficient (Wildman–Crippen LogP) is 0.881. The zero-order chi connectivity index (χ0) is 25.9. The fraction of sp³-hybridized carbons (Fsp3) is 0.292. The Hall–Kier alpha value is -4.45. The molecule has 1 atom stereocenters. The maximum absolute atomic E-state index is 13.0. The molecule has 0 saturated carbocycles. The molecule has 3 amide bonds. The second kappa shape index (κ2) is 12.9. The summed E-state index contributed by atoms with van der Waals surface area (Å²) in [5.41, 5.74) is 1.22. The minimum atomic E-state index is -1.02. The molecule has 3 aromatic rings. The van der Waals surface area contributed by atoms with Crippen molar-refractivity contribution in [3.8, 4) is 0 Å². The van der Waals surface area contributed by atoms with Crippen molar-refractivity contribution in [3.63, 3.8) is 0 Å². The standard InChI is InChI=1S/C24H28N6O6/c1-36-24(35)29-18(9-4-5-11-21(32)25-12-14-31)22(33)28-19-10-6-13-30(23(19)34)15-20-26-16-7-2-3-8-17(16)27-20/h2-3,5-8,10-11,13,18,31H,4,9,12,14-15H2,1H3,(H,25,32)(H,26,27)(H,28,33)(H,29,35)/b11-5+. The fourth-order valence-electron chi connectivity index (χ4n) is 3.38. The maximum Gasteiger partial charge on any atom is 0.407 e. The van der Waals surface area contributed by atoms with Gasteiger partial charge in [0, 0.05) is 12.7 Å². The Labute approximate surface area is 206 Å². The first kappa shape index (κ1) is 26.2. The summed E-state index contributed by atoms with van der Waals surface area (Å²) < 4.78 is 6.00. The number of nitrogens with zero attached hydrogens (tertiary/aromatic N) is 2. The van der Waals surface area contributed by atoms with Crippen molar-refractivity contribution in [2.24, 2.45) is 0 Å². The molecule has 0 aliphatic rings. The summed E-state index contributed by atoms with van der Waals surface area (Å²) in [5, 5.41) is 16.2. The van der Waals surface area contributed by atoms with Gasteiger partial charge in [-0.05, 0) is 43.2 Å². The predicted molar refractivity (Wildman–Crippen MR) is 132 cm³/mol. The number of amides is 3. The number of nitrogens with one attached hydrogen (secondary N) is 4. The number of aromatic amines is 1. The van der Waals surface area contributed by atoms with E-state index in [1.165, 1.54) is 29.9 Å². The molecule has 5 N–H and O–H groups in total. The van der Waals surface area contributed by atoms with Crippen LogP contribution in [0.2, 0.25) is 0 Å². The lowest BCUT2D eigenvalue weighted by Gasteiger charge is -2.17. The van der Waals surface area contributed by atoms with Crippen LogP contribution in [0.15, 0.2) is 59.5 Å². The maximum atomic E-state index is 13.0. The van der Waals surface area contributed by atoms with Gasteiger partial charge in [0.2, 0.25) is 11.8 Å². The summed E-state index contributed by atoms with van der Waals surface area (Å²) in [6.45, 7) is 0.123. The van der Waals surface area contributed by atoms with Crippen LogP contribution in [-0.2, 0) is 20.9 Å². The highest BCUT2D eigenvalue weighted by atomic mass is 16.5. The minimum absolute atomic E-state index is 0.0363. The van der Waals surface area contributed by atoms with E-state index in [0.717, 1.165) is 11.0 Å². The van der Waals surface area contributed by atoms with Crippen LogP contribution >= 0.6 is 0 Å². The van der Waals surface area contributed by atoms with Gasteiger partial charge in [0.25, 0.3) is 5.56 Å². The van der Waals surface area contributed by atoms with Gasteiger partial charge in [0.1, 0.15) is 17.6 Å². The summed E-state index contributed by atoms with van der Waals surface area (Å²) in [4.78, 5) is 56.8. The summed E-state index contributed by atoms with van der Waals surface area (Å²) >= 11 is 0. The average Bonchev–Trinajstić information content (AvgIpc) is 3.29. The molecule has 36 heavy (non-hydrogen) atoms. The van der Waals surface area contributed by atoms with Gasteiger partial charge in [-0.3, -0.25) is 14.4 Å². The first-order chi connectivity index (χ1) is 17.4. The molecule has 0 bridgehead atoms. The van der Waals surface area contributed by atoms with Crippen LogP contribution in [-0.4, -0.2) is 63.9 Å². The van der Waals surface area contributed by atoms with Crippen LogP contribution in [0.3, 0.4) is 0 Å². The highest BCUT2D eigenvalue weighted by molar-refractivity contribution is 5.96. The van der Waals surface area contributed by atoms with Crippen LogP contribution in [0, 0.1) is 0 Å². The number of benzene rings is 1. The number of carbonyl (C=O) groups is 3. The smallest absolute Gasteiger partial charge is 0.407 e. The number of rotatable bonds is 11. The fourth-order valence-corrected chi connectivity index (χ4v) is 3.38. The van der Waals surface area contributed by atoms with Crippen LogP contribution in [0.1, 0.15) is 18.7 Å². The van der Waals surface area contributed by atoms with E-state index in [4.69, 9.17) is 5.11 Å². The van der Waals surface area contributed by atoms with E-state index in [-0.39, 0.29) is 44.1 Å². The summed E-state index contributed by atoms with van der Waals surface area (Å²) in [7, 11) is 1.17. The van der Waals surface area contributed by atoms with Gasteiger partial charge in [-0.2, -0.15) is 0 Å². The molecular weight excluding hydrogens is 468 g/mol. The lowest BCUT2D eigenvalue weighted by atomic mass is 10.1. The third-order valence-electron chi connectivity index (χ3n) is 5.13. The van der Waals surface area contributed by atoms with Gasteiger partial charge in [-0.1, -0.05) is 18.2 Å². The van der Waals surface area contributed by atoms with Gasteiger partial charge in [-0.25, -0.2) is 9.78 Å². The number of para-hydroxylation sites is 2. The van der Waals surface area contributed by atoms with Crippen molar-refractivity contribution in [1.29, 1.82) is 0 Å². The number of alkyl carbamates (subject to hydrolysis) is 1. The molecule has 0 fully saturated rings. The van der Waals surface area contributed by atoms with Gasteiger partial charge in [-0.15, -0.1) is 0 Å². The van der Waals surface area contributed by atoms with E-state index in [1.807, 2.05) is 24.3 Å². The number of hydrogen-bond acceptors (Lipinski definition) is 7. The Bertz CT molecular complexity index is 1260. The zero-order valence-electron chi connectivity index (χ0n) is 19.7. The quantitative estimate of drug-likeness (QED) is 0.246. The molecule has 2 heterocycles. The van der Waals surface area contributed by atoms with E-state index in [1.54, 1.807) is 12.3 Å². The Balaban J connectivity index is 1.68. The number of methoxy groups -OCH3 is 1. The second-order valence-electron chi connectivity index (χ2n) is 7.73. The van der Waals surface area contributed by atoms with Crippen LogP contribution < -0.4 is 21.5 Å². The van der Waals surface area contributed by atoms with Crippen molar-refractivity contribution >= 4 is 34.6 Å². The summed E-state index contributed by atoms with van der Waals surface area (Å²) in [6, 6.07) is 9.57. The van der Waals surface area contributed by atoms with Crippen molar-refractivity contribution in [1.82, 2.24) is 25.2 Å². The number of ether oxygens (including phenoxy) is 1. The zero-order valence-corrected chi connectivity index (χ0v) is 19.7. The molecule has 2 aromatic heterocycles. The number of carbonyl (C=O) groups excluding carboxylic acids is 3. The molecule has 1 unspecified atom stereocenters. The molecular formula is C24H28N6O6. The lowest BCUT2D eigenvalue weighted by Crippen LogP contribution is -2.44.